The molecule has 0 radical (unpaired) electrons. The van der Waals surface area contributed by atoms with Crippen LogP contribution in [0.5, 0.6) is 0 Å². The zero-order valence-corrected chi connectivity index (χ0v) is 7.86. The molecule has 9 heavy (non-hydrogen) atoms. The van der Waals surface area contributed by atoms with E-state index in [2.05, 4.69) is 38.7 Å². The molecule has 0 bridgehead atoms. The van der Waals surface area contributed by atoms with E-state index in [0.29, 0.717) is 5.41 Å². The molecular formula is C8H16Si. The van der Waals surface area contributed by atoms with Crippen LogP contribution >= 0.6 is 0 Å². The lowest BCUT2D eigenvalue weighted by atomic mass is 10.1. The van der Waals surface area contributed by atoms with Crippen LogP contribution in [-0.4, -0.2) is 8.07 Å². The fourth-order valence-electron chi connectivity index (χ4n) is 1.40. The fourth-order valence-corrected chi connectivity index (χ4v) is 3.92. The highest BCUT2D eigenvalue weighted by Crippen LogP contribution is 2.41. The highest BCUT2D eigenvalue weighted by atomic mass is 28.3. The Hall–Kier alpha value is -0.0431. The number of allylic oxidation sites excluding steroid dienone is 2. The van der Waals surface area contributed by atoms with Gasteiger partial charge in [-0.15, -0.1) is 0 Å². The van der Waals surface area contributed by atoms with Crippen LogP contribution in [0.4, 0.5) is 0 Å². The molecule has 0 aromatic carbocycles. The van der Waals surface area contributed by atoms with Crippen molar-refractivity contribution in [1.82, 2.24) is 0 Å². The molecule has 0 atom stereocenters. The molecule has 1 rings (SSSR count). The standard InChI is InChI=1S/C8H16Si/c1-8(5-6-8)7-9(2,3)4/h5-6H,7H2,1-4H3. The van der Waals surface area contributed by atoms with Crippen LogP contribution in [0.3, 0.4) is 0 Å². The van der Waals surface area contributed by atoms with Gasteiger partial charge in [-0.05, 0) is 6.04 Å². The predicted molar refractivity (Wildman–Crippen MR) is 45.4 cm³/mol. The minimum atomic E-state index is -0.793. The maximum atomic E-state index is 2.43. The lowest BCUT2D eigenvalue weighted by Crippen LogP contribution is -2.23. The Morgan fingerprint density at radius 1 is 1.22 bits per heavy atom. The van der Waals surface area contributed by atoms with E-state index in [1.807, 2.05) is 0 Å². The Morgan fingerprint density at radius 2 is 1.67 bits per heavy atom. The average Bonchev–Trinajstić information content (AvgIpc) is 2.12. The molecule has 0 aromatic rings. The summed E-state index contributed by atoms with van der Waals surface area (Å²) in [4.78, 5) is 0. The molecule has 1 heteroatoms. The zero-order chi connectivity index (χ0) is 7.12. The van der Waals surface area contributed by atoms with Crippen LogP contribution < -0.4 is 0 Å². The molecule has 52 valence electrons. The van der Waals surface area contributed by atoms with Gasteiger partial charge in [0.2, 0.25) is 0 Å². The Bertz CT molecular complexity index is 130. The van der Waals surface area contributed by atoms with Crippen molar-refractivity contribution in [3.05, 3.63) is 12.2 Å². The van der Waals surface area contributed by atoms with Gasteiger partial charge < -0.3 is 0 Å². The van der Waals surface area contributed by atoms with Crippen molar-refractivity contribution in [2.24, 2.45) is 5.41 Å². The first-order valence-corrected chi connectivity index (χ1v) is 7.32. The Labute approximate surface area is 59.0 Å². The van der Waals surface area contributed by atoms with Gasteiger partial charge in [0.1, 0.15) is 0 Å². The molecule has 0 amide bonds. The summed E-state index contributed by atoms with van der Waals surface area (Å²) in [5, 5.41) is 0. The summed E-state index contributed by atoms with van der Waals surface area (Å²) in [6.07, 6.45) is 4.65. The van der Waals surface area contributed by atoms with Crippen LogP contribution in [0, 0.1) is 5.41 Å². The first-order chi connectivity index (χ1) is 3.91. The quantitative estimate of drug-likeness (QED) is 0.409. The molecule has 0 spiro atoms. The van der Waals surface area contributed by atoms with E-state index in [0.717, 1.165) is 0 Å². The highest BCUT2D eigenvalue weighted by molar-refractivity contribution is 6.76. The van der Waals surface area contributed by atoms with E-state index in [9.17, 15) is 0 Å². The highest BCUT2D eigenvalue weighted by Gasteiger charge is 2.33. The van der Waals surface area contributed by atoms with Crippen LogP contribution in [0.1, 0.15) is 6.92 Å². The van der Waals surface area contributed by atoms with E-state index < -0.39 is 8.07 Å². The first kappa shape index (κ1) is 7.07. The molecular weight excluding hydrogens is 124 g/mol. The second kappa shape index (κ2) is 1.72. The Kier molecular flexibility index (Phi) is 1.35. The molecule has 0 heterocycles. The molecule has 0 saturated heterocycles. The van der Waals surface area contributed by atoms with Gasteiger partial charge in [0.25, 0.3) is 0 Å². The molecule has 0 fully saturated rings. The predicted octanol–water partition coefficient (Wildman–Crippen LogP) is 2.90. The molecule has 1 aliphatic carbocycles. The summed E-state index contributed by atoms with van der Waals surface area (Å²) in [5.41, 5.74) is 0.546. The minimum absolute atomic E-state index is 0.546. The Morgan fingerprint density at radius 3 is 1.78 bits per heavy atom. The van der Waals surface area contributed by atoms with Crippen molar-refractivity contribution in [2.75, 3.05) is 0 Å². The van der Waals surface area contributed by atoms with E-state index in [1.165, 1.54) is 6.04 Å². The molecule has 0 aromatic heterocycles. The van der Waals surface area contributed by atoms with Crippen molar-refractivity contribution in [2.45, 2.75) is 32.6 Å². The summed E-state index contributed by atoms with van der Waals surface area (Å²) in [5.74, 6) is 0. The van der Waals surface area contributed by atoms with Crippen LogP contribution in [0.2, 0.25) is 25.7 Å². The van der Waals surface area contributed by atoms with Gasteiger partial charge in [-0.25, -0.2) is 0 Å². The van der Waals surface area contributed by atoms with Crippen LogP contribution in [0.25, 0.3) is 0 Å². The Balaban J connectivity index is 2.34. The zero-order valence-electron chi connectivity index (χ0n) is 6.86. The average molecular weight is 140 g/mol. The van der Waals surface area contributed by atoms with Gasteiger partial charge in [0, 0.05) is 13.5 Å². The lowest BCUT2D eigenvalue weighted by molar-refractivity contribution is 0.715. The molecule has 0 nitrogen and oxygen atoms in total. The summed E-state index contributed by atoms with van der Waals surface area (Å²) in [6.45, 7) is 9.61. The van der Waals surface area contributed by atoms with Crippen molar-refractivity contribution in [3.63, 3.8) is 0 Å². The summed E-state index contributed by atoms with van der Waals surface area (Å²) >= 11 is 0. The summed E-state index contributed by atoms with van der Waals surface area (Å²) in [6, 6.07) is 1.43. The second-order valence-electron chi connectivity index (χ2n) is 4.58. The first-order valence-electron chi connectivity index (χ1n) is 3.62. The van der Waals surface area contributed by atoms with Gasteiger partial charge in [-0.2, -0.15) is 0 Å². The number of hydrogen-bond acceptors (Lipinski definition) is 0. The van der Waals surface area contributed by atoms with Crippen molar-refractivity contribution < 1.29 is 0 Å². The lowest BCUT2D eigenvalue weighted by Gasteiger charge is -2.20. The molecule has 0 unspecified atom stereocenters. The topological polar surface area (TPSA) is 0 Å². The molecule has 0 N–H and O–H groups in total. The smallest absolute Gasteiger partial charge is 0.0454 e. The van der Waals surface area contributed by atoms with E-state index in [1.54, 1.807) is 0 Å². The largest absolute Gasteiger partial charge is 0.0783 e. The maximum Gasteiger partial charge on any atom is 0.0454 e. The minimum Gasteiger partial charge on any atom is -0.0783 e. The molecule has 0 aliphatic heterocycles. The van der Waals surface area contributed by atoms with E-state index in [4.69, 9.17) is 0 Å². The third kappa shape index (κ3) is 2.35. The molecule has 1 aliphatic rings. The summed E-state index contributed by atoms with van der Waals surface area (Å²) in [7, 11) is -0.793. The van der Waals surface area contributed by atoms with Crippen molar-refractivity contribution in [3.8, 4) is 0 Å². The summed E-state index contributed by atoms with van der Waals surface area (Å²) < 4.78 is 0. The SMILES string of the molecule is CC1(C[Si](C)(C)C)C=C1. The van der Waals surface area contributed by atoms with E-state index in [-0.39, 0.29) is 0 Å². The number of hydrogen-bond donors (Lipinski definition) is 0. The van der Waals surface area contributed by atoms with Crippen LogP contribution in [0.15, 0.2) is 12.2 Å². The van der Waals surface area contributed by atoms with Crippen molar-refractivity contribution >= 4 is 8.07 Å². The van der Waals surface area contributed by atoms with Crippen LogP contribution in [-0.2, 0) is 0 Å². The van der Waals surface area contributed by atoms with Gasteiger partial charge >= 0.3 is 0 Å². The molecule has 0 saturated carbocycles. The second-order valence-corrected chi connectivity index (χ2v) is 10.1. The third-order valence-corrected chi connectivity index (χ3v) is 3.47. The monoisotopic (exact) mass is 140 g/mol. The van der Waals surface area contributed by atoms with Gasteiger partial charge in [-0.1, -0.05) is 38.7 Å². The third-order valence-electron chi connectivity index (χ3n) is 1.65. The fraction of sp³-hybridized carbons (Fsp3) is 0.750. The van der Waals surface area contributed by atoms with Crippen molar-refractivity contribution in [1.29, 1.82) is 0 Å². The number of rotatable bonds is 2. The van der Waals surface area contributed by atoms with E-state index >= 15 is 0 Å². The maximum absolute atomic E-state index is 2.43. The normalized spacial score (nSPS) is 22.2. The van der Waals surface area contributed by atoms with Gasteiger partial charge in [0.05, 0.1) is 0 Å². The van der Waals surface area contributed by atoms with Gasteiger partial charge in [-0.3, -0.25) is 0 Å². The van der Waals surface area contributed by atoms with Gasteiger partial charge in [0.15, 0.2) is 0 Å².